The lowest BCUT2D eigenvalue weighted by molar-refractivity contribution is -0.125. The molecule has 100 valence electrons. The van der Waals surface area contributed by atoms with E-state index in [1.54, 1.807) is 0 Å². The molecular weight excluding hydrogens is 326 g/mol. The van der Waals surface area contributed by atoms with Crippen LogP contribution in [0.3, 0.4) is 0 Å². The quantitative estimate of drug-likeness (QED) is 0.519. The summed E-state index contributed by atoms with van der Waals surface area (Å²) in [5.41, 5.74) is 10.4. The van der Waals surface area contributed by atoms with Gasteiger partial charge < -0.3 is 16.6 Å². The Bertz CT molecular complexity index is 561. The molecule has 0 aliphatic carbocycles. The van der Waals surface area contributed by atoms with Gasteiger partial charge in [0.05, 0.1) is 5.69 Å². The number of rotatable bonds is 5. The maximum atomic E-state index is 11.8. The van der Waals surface area contributed by atoms with Crippen LogP contribution >= 0.6 is 15.9 Å². The number of amides is 1. The molecular formula is C9H12BrN3O4S. The van der Waals surface area contributed by atoms with Gasteiger partial charge in [0.1, 0.15) is 11.0 Å². The van der Waals surface area contributed by atoms with Gasteiger partial charge in [0.25, 0.3) is 0 Å². The number of nitrogens with one attached hydrogen (secondary N) is 1. The number of halogens is 1. The van der Waals surface area contributed by atoms with Crippen LogP contribution in [0, 0.1) is 0 Å². The zero-order valence-electron chi connectivity index (χ0n) is 9.13. The van der Waals surface area contributed by atoms with Gasteiger partial charge in [0.15, 0.2) is 0 Å². The molecule has 0 fully saturated rings. The van der Waals surface area contributed by atoms with Gasteiger partial charge in [0.2, 0.25) is 15.9 Å². The standard InChI is InChI=1S/C9H12BrN3O4S/c10-5-1-2-8(6(11)3-5)18(16,17)13-4-7(14)9(12)15/h1-3,7,13-14H,4,11H2,(H2,12,15). The second-order valence-electron chi connectivity index (χ2n) is 3.45. The predicted octanol–water partition coefficient (Wildman–Crippen LogP) is -0.844. The van der Waals surface area contributed by atoms with Crippen molar-refractivity contribution in [1.82, 2.24) is 4.72 Å². The second-order valence-corrected chi connectivity index (χ2v) is 6.10. The lowest BCUT2D eigenvalue weighted by Crippen LogP contribution is -2.40. The van der Waals surface area contributed by atoms with Crippen molar-refractivity contribution in [3.05, 3.63) is 22.7 Å². The highest BCUT2D eigenvalue weighted by Gasteiger charge is 2.20. The normalized spacial score (nSPS) is 13.2. The lowest BCUT2D eigenvalue weighted by Gasteiger charge is -2.11. The average Bonchev–Trinajstić information content (AvgIpc) is 2.25. The molecule has 0 bridgehead atoms. The van der Waals surface area contributed by atoms with Crippen molar-refractivity contribution in [3.8, 4) is 0 Å². The molecule has 1 atom stereocenters. The van der Waals surface area contributed by atoms with Gasteiger partial charge in [0, 0.05) is 11.0 Å². The Kier molecular flexibility index (Phi) is 4.68. The number of hydrogen-bond donors (Lipinski definition) is 4. The van der Waals surface area contributed by atoms with Gasteiger partial charge >= 0.3 is 0 Å². The first-order valence-corrected chi connectivity index (χ1v) is 7.03. The number of nitrogens with two attached hydrogens (primary N) is 2. The lowest BCUT2D eigenvalue weighted by atomic mass is 10.3. The van der Waals surface area contributed by atoms with E-state index in [1.165, 1.54) is 18.2 Å². The summed E-state index contributed by atoms with van der Waals surface area (Å²) in [5, 5.41) is 9.11. The maximum absolute atomic E-state index is 11.8. The molecule has 1 aromatic carbocycles. The largest absolute Gasteiger partial charge is 0.398 e. The number of anilines is 1. The average molecular weight is 338 g/mol. The maximum Gasteiger partial charge on any atom is 0.247 e. The molecule has 9 heteroatoms. The summed E-state index contributed by atoms with van der Waals surface area (Å²) >= 11 is 3.15. The van der Waals surface area contributed by atoms with Crippen molar-refractivity contribution in [2.24, 2.45) is 5.73 Å². The molecule has 1 rings (SSSR count). The van der Waals surface area contributed by atoms with E-state index < -0.39 is 28.6 Å². The molecule has 0 saturated carbocycles. The van der Waals surface area contributed by atoms with Gasteiger partial charge in [-0.15, -0.1) is 0 Å². The van der Waals surface area contributed by atoms with Crippen molar-refractivity contribution < 1.29 is 18.3 Å². The van der Waals surface area contributed by atoms with Gasteiger partial charge in [-0.05, 0) is 18.2 Å². The van der Waals surface area contributed by atoms with E-state index in [4.69, 9.17) is 16.6 Å². The van der Waals surface area contributed by atoms with E-state index in [0.717, 1.165) is 0 Å². The molecule has 1 unspecified atom stereocenters. The number of carbonyl (C=O) groups is 1. The first-order valence-electron chi connectivity index (χ1n) is 4.76. The van der Waals surface area contributed by atoms with Crippen LogP contribution in [0.1, 0.15) is 0 Å². The Morgan fingerprint density at radius 2 is 2.11 bits per heavy atom. The number of sulfonamides is 1. The van der Waals surface area contributed by atoms with Crippen LogP contribution in [0.25, 0.3) is 0 Å². The van der Waals surface area contributed by atoms with E-state index in [2.05, 4.69) is 15.9 Å². The Balaban J connectivity index is 2.90. The van der Waals surface area contributed by atoms with E-state index in [-0.39, 0.29) is 10.6 Å². The monoisotopic (exact) mass is 337 g/mol. The number of hydrogen-bond acceptors (Lipinski definition) is 5. The van der Waals surface area contributed by atoms with E-state index in [1.807, 2.05) is 4.72 Å². The van der Waals surface area contributed by atoms with Crippen LogP contribution in [0.5, 0.6) is 0 Å². The molecule has 0 saturated heterocycles. The van der Waals surface area contributed by atoms with Crippen LogP contribution in [0.15, 0.2) is 27.6 Å². The zero-order chi connectivity index (χ0) is 13.9. The molecule has 18 heavy (non-hydrogen) atoms. The van der Waals surface area contributed by atoms with Crippen molar-refractivity contribution in [2.45, 2.75) is 11.0 Å². The van der Waals surface area contributed by atoms with Crippen LogP contribution in [-0.4, -0.2) is 32.1 Å². The first kappa shape index (κ1) is 14.9. The highest BCUT2D eigenvalue weighted by atomic mass is 79.9. The minimum Gasteiger partial charge on any atom is -0.398 e. The topological polar surface area (TPSA) is 136 Å². The molecule has 6 N–H and O–H groups in total. The molecule has 0 aliphatic rings. The SMILES string of the molecule is NC(=O)C(O)CNS(=O)(=O)c1ccc(Br)cc1N. The fourth-order valence-corrected chi connectivity index (χ4v) is 2.66. The van der Waals surface area contributed by atoms with Crippen molar-refractivity contribution in [3.63, 3.8) is 0 Å². The summed E-state index contributed by atoms with van der Waals surface area (Å²) in [6, 6.07) is 4.24. The van der Waals surface area contributed by atoms with Gasteiger partial charge in [-0.25, -0.2) is 13.1 Å². The molecule has 0 heterocycles. The van der Waals surface area contributed by atoms with Crippen LogP contribution in [-0.2, 0) is 14.8 Å². The third-order valence-electron chi connectivity index (χ3n) is 2.06. The van der Waals surface area contributed by atoms with Crippen LogP contribution in [0.2, 0.25) is 0 Å². The Morgan fingerprint density at radius 3 is 2.61 bits per heavy atom. The van der Waals surface area contributed by atoms with Crippen molar-refractivity contribution in [1.29, 1.82) is 0 Å². The Labute approximate surface area is 112 Å². The highest BCUT2D eigenvalue weighted by molar-refractivity contribution is 9.10. The second kappa shape index (κ2) is 5.65. The van der Waals surface area contributed by atoms with Crippen molar-refractivity contribution >= 4 is 37.5 Å². The zero-order valence-corrected chi connectivity index (χ0v) is 11.5. The number of carbonyl (C=O) groups excluding carboxylic acids is 1. The predicted molar refractivity (Wildman–Crippen MR) is 68.9 cm³/mol. The molecule has 0 aromatic heterocycles. The Morgan fingerprint density at radius 1 is 1.50 bits per heavy atom. The fourth-order valence-electron chi connectivity index (χ4n) is 1.13. The van der Waals surface area contributed by atoms with Gasteiger partial charge in [-0.1, -0.05) is 15.9 Å². The third-order valence-corrected chi connectivity index (χ3v) is 4.05. The smallest absolute Gasteiger partial charge is 0.247 e. The number of aliphatic hydroxyl groups is 1. The minimum atomic E-state index is -3.90. The summed E-state index contributed by atoms with van der Waals surface area (Å²) < 4.78 is 26.3. The summed E-state index contributed by atoms with van der Waals surface area (Å²) in [6.07, 6.45) is -1.59. The van der Waals surface area contributed by atoms with Crippen LogP contribution < -0.4 is 16.2 Å². The van der Waals surface area contributed by atoms with Gasteiger partial charge in [-0.3, -0.25) is 4.79 Å². The molecule has 0 aliphatic heterocycles. The number of aliphatic hydroxyl groups excluding tert-OH is 1. The molecule has 0 spiro atoms. The summed E-state index contributed by atoms with van der Waals surface area (Å²) in [4.78, 5) is 10.4. The summed E-state index contributed by atoms with van der Waals surface area (Å²) in [5.74, 6) is -1.01. The number of primary amides is 1. The molecule has 0 radical (unpaired) electrons. The van der Waals surface area contributed by atoms with Crippen molar-refractivity contribution in [2.75, 3.05) is 12.3 Å². The Hall–Kier alpha value is -1.16. The summed E-state index contributed by atoms with van der Waals surface area (Å²) in [7, 11) is -3.90. The molecule has 7 nitrogen and oxygen atoms in total. The van der Waals surface area contributed by atoms with E-state index >= 15 is 0 Å². The number of nitrogen functional groups attached to an aromatic ring is 1. The fraction of sp³-hybridized carbons (Fsp3) is 0.222. The minimum absolute atomic E-state index is 0.0467. The summed E-state index contributed by atoms with van der Waals surface area (Å²) in [6.45, 7) is -0.507. The van der Waals surface area contributed by atoms with E-state index in [9.17, 15) is 13.2 Å². The molecule has 1 amide bonds. The molecule has 1 aromatic rings. The number of benzene rings is 1. The highest BCUT2D eigenvalue weighted by Crippen LogP contribution is 2.22. The van der Waals surface area contributed by atoms with Gasteiger partial charge in [-0.2, -0.15) is 0 Å². The third kappa shape index (κ3) is 3.67. The van der Waals surface area contributed by atoms with E-state index in [0.29, 0.717) is 4.47 Å². The first-order chi connectivity index (χ1) is 8.24. The van der Waals surface area contributed by atoms with Crippen LogP contribution in [0.4, 0.5) is 5.69 Å².